The van der Waals surface area contributed by atoms with Crippen LogP contribution in [0.2, 0.25) is 5.02 Å². The number of halogens is 1. The molecule has 0 unspecified atom stereocenters. The number of fused-ring (bicyclic) bond motifs is 1. The zero-order valence-electron chi connectivity index (χ0n) is 8.24. The number of hydrogen-bond donors (Lipinski definition) is 1. The summed E-state index contributed by atoms with van der Waals surface area (Å²) in [6.45, 7) is 7.53. The monoisotopic (exact) mass is 195 g/mol. The topological polar surface area (TPSA) is 12.0 Å². The fourth-order valence-electron chi connectivity index (χ4n) is 1.97. The number of hydrogen-bond acceptors (Lipinski definition) is 1. The summed E-state index contributed by atoms with van der Waals surface area (Å²) >= 11 is 6.19. The van der Waals surface area contributed by atoms with E-state index in [1.54, 1.807) is 0 Å². The van der Waals surface area contributed by atoms with Crippen molar-refractivity contribution < 1.29 is 0 Å². The first-order valence-corrected chi connectivity index (χ1v) is 4.93. The number of benzene rings is 1. The Morgan fingerprint density at radius 1 is 1.38 bits per heavy atom. The second kappa shape index (κ2) is 2.65. The van der Waals surface area contributed by atoms with Crippen LogP contribution in [0, 0.1) is 6.92 Å². The van der Waals surface area contributed by atoms with Gasteiger partial charge in [0.15, 0.2) is 0 Å². The maximum absolute atomic E-state index is 6.19. The number of aryl methyl sites for hydroxylation is 1. The molecule has 1 aliphatic rings. The van der Waals surface area contributed by atoms with E-state index in [0.29, 0.717) is 0 Å². The second-order valence-corrected chi connectivity index (χ2v) is 4.76. The minimum Gasteiger partial charge on any atom is -0.384 e. The molecule has 0 aliphatic carbocycles. The highest BCUT2D eigenvalue weighted by atomic mass is 35.5. The van der Waals surface area contributed by atoms with E-state index in [1.165, 1.54) is 16.8 Å². The molecule has 1 aliphatic heterocycles. The predicted molar refractivity (Wildman–Crippen MR) is 57.7 cm³/mol. The smallest absolute Gasteiger partial charge is 0.0464 e. The highest BCUT2D eigenvalue weighted by molar-refractivity contribution is 6.32. The van der Waals surface area contributed by atoms with Crippen LogP contribution in [0.1, 0.15) is 25.0 Å². The molecule has 1 N–H and O–H groups in total. The van der Waals surface area contributed by atoms with Crippen LogP contribution in [0.15, 0.2) is 12.1 Å². The van der Waals surface area contributed by atoms with Gasteiger partial charge in [-0.2, -0.15) is 0 Å². The van der Waals surface area contributed by atoms with E-state index in [9.17, 15) is 0 Å². The third-order valence-corrected chi connectivity index (χ3v) is 3.06. The minimum atomic E-state index is 0.165. The van der Waals surface area contributed by atoms with Crippen molar-refractivity contribution in [2.45, 2.75) is 26.2 Å². The van der Waals surface area contributed by atoms with Crippen LogP contribution in [0.25, 0.3) is 0 Å². The quantitative estimate of drug-likeness (QED) is 0.670. The van der Waals surface area contributed by atoms with Gasteiger partial charge in [0.05, 0.1) is 0 Å². The SMILES string of the molecule is Cc1ccc(Cl)c2c1NCC2(C)C. The summed E-state index contributed by atoms with van der Waals surface area (Å²) in [5.41, 5.74) is 3.95. The summed E-state index contributed by atoms with van der Waals surface area (Å²) in [7, 11) is 0. The van der Waals surface area contributed by atoms with Crippen molar-refractivity contribution in [2.75, 3.05) is 11.9 Å². The van der Waals surface area contributed by atoms with Crippen molar-refractivity contribution in [3.63, 3.8) is 0 Å². The van der Waals surface area contributed by atoms with Gasteiger partial charge in [-0.25, -0.2) is 0 Å². The lowest BCUT2D eigenvalue weighted by Gasteiger charge is -2.18. The highest BCUT2D eigenvalue weighted by Crippen LogP contribution is 2.42. The molecule has 1 heterocycles. The lowest BCUT2D eigenvalue weighted by Crippen LogP contribution is -2.19. The van der Waals surface area contributed by atoms with Crippen LogP contribution >= 0.6 is 11.6 Å². The van der Waals surface area contributed by atoms with E-state index in [1.807, 2.05) is 6.07 Å². The van der Waals surface area contributed by atoms with Crippen LogP contribution in [0.3, 0.4) is 0 Å². The summed E-state index contributed by atoms with van der Waals surface area (Å²) in [6, 6.07) is 4.06. The maximum Gasteiger partial charge on any atom is 0.0464 e. The Kier molecular flexibility index (Phi) is 1.81. The zero-order chi connectivity index (χ0) is 9.64. The van der Waals surface area contributed by atoms with Crippen molar-refractivity contribution in [1.82, 2.24) is 0 Å². The first-order chi connectivity index (χ1) is 6.02. The summed E-state index contributed by atoms with van der Waals surface area (Å²) in [4.78, 5) is 0. The standard InChI is InChI=1S/C11H14ClN/c1-7-4-5-8(12)9-10(7)13-6-11(9,2)3/h4-5,13H,6H2,1-3H3. The molecule has 0 saturated heterocycles. The molecule has 1 aromatic rings. The molecular weight excluding hydrogens is 182 g/mol. The third-order valence-electron chi connectivity index (χ3n) is 2.75. The summed E-state index contributed by atoms with van der Waals surface area (Å²) < 4.78 is 0. The Morgan fingerprint density at radius 3 is 2.69 bits per heavy atom. The van der Waals surface area contributed by atoms with Gasteiger partial charge in [0.1, 0.15) is 0 Å². The van der Waals surface area contributed by atoms with Gasteiger partial charge in [-0.3, -0.25) is 0 Å². The normalized spacial score (nSPS) is 18.2. The zero-order valence-corrected chi connectivity index (χ0v) is 9.00. The molecule has 0 spiro atoms. The summed E-state index contributed by atoms with van der Waals surface area (Å²) in [6.07, 6.45) is 0. The maximum atomic E-state index is 6.19. The van der Waals surface area contributed by atoms with Gasteiger partial charge < -0.3 is 5.32 Å². The Bertz CT molecular complexity index is 355. The van der Waals surface area contributed by atoms with Crippen molar-refractivity contribution in [3.05, 3.63) is 28.3 Å². The van der Waals surface area contributed by atoms with Gasteiger partial charge in [0, 0.05) is 28.2 Å². The van der Waals surface area contributed by atoms with E-state index in [2.05, 4.69) is 32.2 Å². The van der Waals surface area contributed by atoms with Gasteiger partial charge in [0.2, 0.25) is 0 Å². The molecule has 0 aromatic heterocycles. The summed E-state index contributed by atoms with van der Waals surface area (Å²) in [5, 5.41) is 4.30. The molecule has 2 rings (SSSR count). The van der Waals surface area contributed by atoms with Crippen molar-refractivity contribution >= 4 is 17.3 Å². The van der Waals surface area contributed by atoms with E-state index in [0.717, 1.165) is 11.6 Å². The first-order valence-electron chi connectivity index (χ1n) is 4.56. The molecule has 13 heavy (non-hydrogen) atoms. The number of nitrogens with one attached hydrogen (secondary N) is 1. The van der Waals surface area contributed by atoms with Crippen LogP contribution in [-0.4, -0.2) is 6.54 Å². The van der Waals surface area contributed by atoms with Crippen molar-refractivity contribution in [3.8, 4) is 0 Å². The third kappa shape index (κ3) is 1.22. The van der Waals surface area contributed by atoms with Gasteiger partial charge in [0.25, 0.3) is 0 Å². The molecule has 1 aromatic carbocycles. The van der Waals surface area contributed by atoms with Crippen LogP contribution < -0.4 is 5.32 Å². The predicted octanol–water partition coefficient (Wildman–Crippen LogP) is 3.35. The molecule has 1 nitrogen and oxygen atoms in total. The lowest BCUT2D eigenvalue weighted by molar-refractivity contribution is 0.586. The minimum absolute atomic E-state index is 0.165. The Hall–Kier alpha value is -0.690. The Morgan fingerprint density at radius 2 is 2.08 bits per heavy atom. The average molecular weight is 196 g/mol. The molecule has 0 atom stereocenters. The van der Waals surface area contributed by atoms with Gasteiger partial charge in [-0.1, -0.05) is 31.5 Å². The van der Waals surface area contributed by atoms with Gasteiger partial charge in [-0.05, 0) is 18.6 Å². The van der Waals surface area contributed by atoms with Crippen LogP contribution in [0.4, 0.5) is 5.69 Å². The van der Waals surface area contributed by atoms with E-state index in [-0.39, 0.29) is 5.41 Å². The van der Waals surface area contributed by atoms with E-state index >= 15 is 0 Å². The molecule has 0 amide bonds. The second-order valence-electron chi connectivity index (χ2n) is 4.35. The fraction of sp³-hybridized carbons (Fsp3) is 0.455. The first kappa shape index (κ1) is 8.89. The largest absolute Gasteiger partial charge is 0.384 e. The van der Waals surface area contributed by atoms with Crippen molar-refractivity contribution in [1.29, 1.82) is 0 Å². The van der Waals surface area contributed by atoms with Crippen molar-refractivity contribution in [2.24, 2.45) is 0 Å². The van der Waals surface area contributed by atoms with Gasteiger partial charge in [-0.15, -0.1) is 0 Å². The number of anilines is 1. The van der Waals surface area contributed by atoms with Crippen LogP contribution in [-0.2, 0) is 5.41 Å². The molecule has 0 saturated carbocycles. The fourth-order valence-corrected chi connectivity index (χ4v) is 2.38. The molecule has 2 heteroatoms. The van der Waals surface area contributed by atoms with Crippen LogP contribution in [0.5, 0.6) is 0 Å². The molecule has 70 valence electrons. The molecule has 0 fully saturated rings. The molecule has 0 radical (unpaired) electrons. The summed E-state index contributed by atoms with van der Waals surface area (Å²) in [5.74, 6) is 0. The molecular formula is C11H14ClN. The van der Waals surface area contributed by atoms with E-state index in [4.69, 9.17) is 11.6 Å². The highest BCUT2D eigenvalue weighted by Gasteiger charge is 2.32. The van der Waals surface area contributed by atoms with Gasteiger partial charge >= 0.3 is 0 Å². The Balaban J connectivity index is 2.70. The lowest BCUT2D eigenvalue weighted by atomic mass is 9.86. The Labute approximate surface area is 84.1 Å². The number of rotatable bonds is 0. The van der Waals surface area contributed by atoms with E-state index < -0.39 is 0 Å². The average Bonchev–Trinajstić information content (AvgIpc) is 2.36. The molecule has 0 bridgehead atoms.